The van der Waals surface area contributed by atoms with Crippen LogP contribution in [0, 0.1) is 5.92 Å². The summed E-state index contributed by atoms with van der Waals surface area (Å²) in [6.07, 6.45) is 10.0. The van der Waals surface area contributed by atoms with Crippen LogP contribution in [0.3, 0.4) is 0 Å². The van der Waals surface area contributed by atoms with E-state index < -0.39 is 0 Å². The molecule has 8 heteroatoms. The number of hydrogen-bond acceptors (Lipinski definition) is 5. The van der Waals surface area contributed by atoms with Crippen LogP contribution in [0.2, 0.25) is 0 Å². The van der Waals surface area contributed by atoms with Gasteiger partial charge in [0.2, 0.25) is 5.91 Å². The third-order valence-corrected chi connectivity index (χ3v) is 7.68. The first-order valence-corrected chi connectivity index (χ1v) is 12.4. The van der Waals surface area contributed by atoms with Crippen molar-refractivity contribution < 1.29 is 14.3 Å². The van der Waals surface area contributed by atoms with E-state index in [1.165, 1.54) is 12.8 Å². The Labute approximate surface area is 188 Å². The van der Waals surface area contributed by atoms with E-state index >= 15 is 0 Å². The lowest BCUT2D eigenvalue weighted by atomic mass is 9.98. The molecular formula is C24H34N4O4. The predicted molar refractivity (Wildman–Crippen MR) is 118 cm³/mol. The van der Waals surface area contributed by atoms with Gasteiger partial charge in [-0.15, -0.1) is 0 Å². The third-order valence-electron chi connectivity index (χ3n) is 7.68. The minimum Gasteiger partial charge on any atom is -0.368 e. The number of carbonyl (C=O) groups is 2. The lowest BCUT2D eigenvalue weighted by molar-refractivity contribution is -0.145. The van der Waals surface area contributed by atoms with Crippen molar-refractivity contribution in [2.75, 3.05) is 19.7 Å². The number of fused-ring (bicyclic) bond motifs is 1. The summed E-state index contributed by atoms with van der Waals surface area (Å²) in [4.78, 5) is 50.3. The van der Waals surface area contributed by atoms with Crippen molar-refractivity contribution in [3.63, 3.8) is 0 Å². The maximum Gasteiger partial charge on any atom is 0.256 e. The molecule has 1 N–H and O–H groups in total. The third kappa shape index (κ3) is 4.34. The molecule has 0 spiro atoms. The first-order valence-electron chi connectivity index (χ1n) is 12.4. The van der Waals surface area contributed by atoms with E-state index in [1.807, 2.05) is 9.80 Å². The number of nitrogens with zero attached hydrogens (tertiary/aromatic N) is 3. The largest absolute Gasteiger partial charge is 0.368 e. The van der Waals surface area contributed by atoms with Crippen LogP contribution in [0.15, 0.2) is 4.79 Å². The highest BCUT2D eigenvalue weighted by Crippen LogP contribution is 2.32. The number of likely N-dealkylation sites (tertiary alicyclic amines) is 1. The van der Waals surface area contributed by atoms with Crippen molar-refractivity contribution in [3.05, 3.63) is 27.4 Å². The normalized spacial score (nSPS) is 26.4. The van der Waals surface area contributed by atoms with Crippen molar-refractivity contribution in [1.82, 2.24) is 19.8 Å². The Kier molecular flexibility index (Phi) is 6.31. The summed E-state index contributed by atoms with van der Waals surface area (Å²) in [5.41, 5.74) is 1.22. The van der Waals surface area contributed by atoms with Crippen molar-refractivity contribution in [2.45, 2.75) is 89.3 Å². The Morgan fingerprint density at radius 1 is 1.03 bits per heavy atom. The van der Waals surface area contributed by atoms with Gasteiger partial charge in [0.05, 0.1) is 23.8 Å². The predicted octanol–water partition coefficient (Wildman–Crippen LogP) is 2.47. The zero-order valence-electron chi connectivity index (χ0n) is 18.8. The van der Waals surface area contributed by atoms with Gasteiger partial charge in [-0.05, 0) is 50.9 Å². The molecule has 2 amide bonds. The second-order valence-corrected chi connectivity index (χ2v) is 9.84. The van der Waals surface area contributed by atoms with Crippen molar-refractivity contribution in [1.29, 1.82) is 0 Å². The first-order chi connectivity index (χ1) is 15.6. The molecule has 2 atom stereocenters. The van der Waals surface area contributed by atoms with Gasteiger partial charge in [0, 0.05) is 32.5 Å². The number of ether oxygens (including phenoxy) is 1. The molecule has 2 saturated heterocycles. The van der Waals surface area contributed by atoms with Crippen LogP contribution in [-0.2, 0) is 27.3 Å². The van der Waals surface area contributed by atoms with Gasteiger partial charge in [-0.2, -0.15) is 0 Å². The van der Waals surface area contributed by atoms with Gasteiger partial charge in [-0.1, -0.05) is 12.8 Å². The molecular weight excluding hydrogens is 408 g/mol. The fraction of sp³-hybridized carbons (Fsp3) is 0.750. The number of carbonyl (C=O) groups excluding carboxylic acids is 2. The second kappa shape index (κ2) is 9.33. The molecule has 32 heavy (non-hydrogen) atoms. The fourth-order valence-corrected chi connectivity index (χ4v) is 5.84. The minimum atomic E-state index is -0.362. The highest BCUT2D eigenvalue weighted by Gasteiger charge is 2.36. The molecule has 1 aromatic heterocycles. The van der Waals surface area contributed by atoms with E-state index in [0.717, 1.165) is 50.6 Å². The number of aromatic amines is 1. The highest BCUT2D eigenvalue weighted by atomic mass is 16.5. The van der Waals surface area contributed by atoms with Crippen molar-refractivity contribution in [2.24, 2.45) is 5.92 Å². The molecule has 0 unspecified atom stereocenters. The van der Waals surface area contributed by atoms with Crippen LogP contribution < -0.4 is 5.56 Å². The molecule has 0 bridgehead atoms. The fourth-order valence-electron chi connectivity index (χ4n) is 5.84. The van der Waals surface area contributed by atoms with Crippen LogP contribution in [0.1, 0.15) is 87.3 Å². The highest BCUT2D eigenvalue weighted by molar-refractivity contribution is 5.81. The second-order valence-electron chi connectivity index (χ2n) is 9.84. The number of hydrogen-bond donors (Lipinski definition) is 1. The molecule has 4 heterocycles. The number of H-pyrrole nitrogens is 1. The molecule has 8 nitrogen and oxygen atoms in total. The van der Waals surface area contributed by atoms with Crippen LogP contribution in [0.5, 0.6) is 0 Å². The molecule has 174 valence electrons. The monoisotopic (exact) mass is 442 g/mol. The van der Waals surface area contributed by atoms with Gasteiger partial charge in [0.25, 0.3) is 11.5 Å². The van der Waals surface area contributed by atoms with Crippen molar-refractivity contribution >= 4 is 11.8 Å². The molecule has 4 aliphatic rings. The van der Waals surface area contributed by atoms with Gasteiger partial charge in [0.1, 0.15) is 11.9 Å². The van der Waals surface area contributed by atoms with Crippen LogP contribution in [-0.4, -0.2) is 57.4 Å². The topological polar surface area (TPSA) is 95.6 Å². The van der Waals surface area contributed by atoms with Crippen molar-refractivity contribution in [3.8, 4) is 0 Å². The molecule has 5 rings (SSSR count). The summed E-state index contributed by atoms with van der Waals surface area (Å²) in [5.74, 6) is 1.27. The van der Waals surface area contributed by atoms with Crippen LogP contribution in [0.25, 0.3) is 0 Å². The van der Waals surface area contributed by atoms with Gasteiger partial charge >= 0.3 is 0 Å². The summed E-state index contributed by atoms with van der Waals surface area (Å²) >= 11 is 0. The number of nitrogens with one attached hydrogen (secondary N) is 1. The zero-order valence-corrected chi connectivity index (χ0v) is 18.8. The summed E-state index contributed by atoms with van der Waals surface area (Å²) in [6, 6.07) is -0.208. The molecule has 3 aliphatic heterocycles. The summed E-state index contributed by atoms with van der Waals surface area (Å²) in [7, 11) is 0. The number of rotatable bonds is 4. The average Bonchev–Trinajstić information content (AvgIpc) is 3.53. The van der Waals surface area contributed by atoms with E-state index in [2.05, 4.69) is 4.98 Å². The molecule has 1 saturated carbocycles. The van der Waals surface area contributed by atoms with E-state index in [1.54, 1.807) is 0 Å². The average molecular weight is 443 g/mol. The SMILES string of the molecule is O=C(CC1CCCC1)N1CCc2nc([C@H]3CCCCN3C(=O)[C@H]3CCCO3)[nH]c(=O)c2C1. The Morgan fingerprint density at radius 3 is 2.62 bits per heavy atom. The Morgan fingerprint density at radius 2 is 1.84 bits per heavy atom. The van der Waals surface area contributed by atoms with Crippen LogP contribution in [0.4, 0.5) is 0 Å². The quantitative estimate of drug-likeness (QED) is 0.773. The van der Waals surface area contributed by atoms with Crippen LogP contribution >= 0.6 is 0 Å². The summed E-state index contributed by atoms with van der Waals surface area (Å²) in [6.45, 7) is 2.26. The molecule has 0 aromatic carbocycles. The van der Waals surface area contributed by atoms with Gasteiger partial charge in [-0.25, -0.2) is 4.98 Å². The molecule has 1 aliphatic carbocycles. The first kappa shape index (κ1) is 21.6. The Balaban J connectivity index is 1.32. The van der Waals surface area contributed by atoms with Gasteiger partial charge < -0.3 is 19.5 Å². The maximum absolute atomic E-state index is 13.1. The molecule has 3 fully saturated rings. The lowest BCUT2D eigenvalue weighted by Gasteiger charge is -2.37. The number of amides is 2. The lowest BCUT2D eigenvalue weighted by Crippen LogP contribution is -2.45. The standard InChI is InChI=1S/C24H34N4O4/c29-21(14-16-6-1-2-7-16)27-12-10-18-17(15-27)23(30)26-22(25-18)19-8-3-4-11-28(19)24(31)20-9-5-13-32-20/h16,19-20H,1-15H2,(H,25,26,30)/t19-,20-/m1/s1. The Hall–Kier alpha value is -2.22. The molecule has 1 aromatic rings. The van der Waals surface area contributed by atoms with E-state index in [0.29, 0.717) is 56.4 Å². The Bertz CT molecular complexity index is 917. The number of piperidine rings is 1. The zero-order chi connectivity index (χ0) is 22.1. The summed E-state index contributed by atoms with van der Waals surface area (Å²) < 4.78 is 5.63. The minimum absolute atomic E-state index is 0.0243. The van der Waals surface area contributed by atoms with Gasteiger partial charge in [0.15, 0.2) is 0 Å². The molecule has 0 radical (unpaired) electrons. The van der Waals surface area contributed by atoms with E-state index in [4.69, 9.17) is 9.72 Å². The van der Waals surface area contributed by atoms with E-state index in [-0.39, 0.29) is 29.5 Å². The van der Waals surface area contributed by atoms with E-state index in [9.17, 15) is 14.4 Å². The van der Waals surface area contributed by atoms with Gasteiger partial charge in [-0.3, -0.25) is 14.4 Å². The number of aromatic nitrogens is 2. The maximum atomic E-state index is 13.1. The summed E-state index contributed by atoms with van der Waals surface area (Å²) in [5, 5.41) is 0. The smallest absolute Gasteiger partial charge is 0.256 e.